The van der Waals surface area contributed by atoms with E-state index in [0.717, 1.165) is 36.1 Å². The number of aromatic nitrogens is 2. The summed E-state index contributed by atoms with van der Waals surface area (Å²) >= 11 is 0. The molecule has 3 aromatic rings. The van der Waals surface area contributed by atoms with Gasteiger partial charge in [0, 0.05) is 12.0 Å². The molecule has 0 bridgehead atoms. The molecule has 7 nitrogen and oxygen atoms in total. The minimum absolute atomic E-state index is 0.0403. The zero-order chi connectivity index (χ0) is 20.2. The highest BCUT2D eigenvalue weighted by molar-refractivity contribution is 5.76. The van der Waals surface area contributed by atoms with Gasteiger partial charge < -0.3 is 14.4 Å². The molecule has 2 atom stereocenters. The molecule has 2 unspecified atom stereocenters. The van der Waals surface area contributed by atoms with Gasteiger partial charge in [0.15, 0.2) is 5.75 Å². The molecule has 0 amide bonds. The normalized spacial score (nSPS) is 17.3. The van der Waals surface area contributed by atoms with Crippen molar-refractivity contribution in [2.24, 2.45) is 0 Å². The molecule has 1 heterocycles. The summed E-state index contributed by atoms with van der Waals surface area (Å²) < 4.78 is 7.63. The lowest BCUT2D eigenvalue weighted by Gasteiger charge is -2.21. The summed E-state index contributed by atoms with van der Waals surface area (Å²) in [7, 11) is 0. The van der Waals surface area contributed by atoms with Gasteiger partial charge in [0.2, 0.25) is 0 Å². The molecule has 29 heavy (non-hydrogen) atoms. The van der Waals surface area contributed by atoms with Gasteiger partial charge in [-0.15, -0.1) is 0 Å². The number of hydrogen-bond donors (Lipinski definition) is 1. The lowest BCUT2D eigenvalue weighted by Crippen LogP contribution is -2.25. The molecule has 1 aromatic heterocycles. The number of rotatable bonds is 7. The molecule has 0 saturated heterocycles. The molecule has 0 fully saturated rings. The molecule has 1 N–H and O–H groups in total. The number of nitro groups is 1. The number of para-hydroxylation sites is 4. The van der Waals surface area contributed by atoms with Gasteiger partial charge in [-0.3, -0.25) is 10.1 Å². The van der Waals surface area contributed by atoms with Crippen LogP contribution in [0.15, 0.2) is 60.7 Å². The summed E-state index contributed by atoms with van der Waals surface area (Å²) in [6, 6.07) is 14.1. The highest BCUT2D eigenvalue weighted by Gasteiger charge is 2.23. The van der Waals surface area contributed by atoms with Gasteiger partial charge >= 0.3 is 5.69 Å². The van der Waals surface area contributed by atoms with Crippen molar-refractivity contribution in [2.45, 2.75) is 37.8 Å². The largest absolute Gasteiger partial charge is 0.484 e. The van der Waals surface area contributed by atoms with Crippen LogP contribution >= 0.6 is 0 Å². The summed E-state index contributed by atoms with van der Waals surface area (Å²) in [5.41, 5.74) is 1.77. The average Bonchev–Trinajstić information content (AvgIpc) is 3.11. The second kappa shape index (κ2) is 8.45. The monoisotopic (exact) mass is 393 g/mol. The Bertz CT molecular complexity index is 1040. The number of fused-ring (bicyclic) bond motifs is 1. The molecule has 0 aliphatic heterocycles. The SMILES string of the molecule is O=[N+]([O-])c1ccccc1OCC(O)Cn1c(C2CC=CCC2)nc2ccccc21. The third kappa shape index (κ3) is 4.14. The van der Waals surface area contributed by atoms with E-state index >= 15 is 0 Å². The molecule has 1 aliphatic carbocycles. The third-order valence-corrected chi connectivity index (χ3v) is 5.20. The van der Waals surface area contributed by atoms with Crippen LogP contribution in [-0.2, 0) is 6.54 Å². The standard InChI is InChI=1S/C22H23N3O4/c26-17(15-29-21-13-7-6-12-20(21)25(27)28)14-24-19-11-5-4-10-18(19)23-22(24)16-8-2-1-3-9-16/h1-2,4-7,10-13,16-17,26H,3,8-9,14-15H2. The van der Waals surface area contributed by atoms with Gasteiger partial charge in [-0.2, -0.15) is 0 Å². The number of ether oxygens (including phenoxy) is 1. The second-order valence-corrected chi connectivity index (χ2v) is 7.24. The highest BCUT2D eigenvalue weighted by Crippen LogP contribution is 2.31. The van der Waals surface area contributed by atoms with Crippen molar-refractivity contribution < 1.29 is 14.8 Å². The Labute approximate surface area is 168 Å². The molecule has 7 heteroatoms. The van der Waals surface area contributed by atoms with Crippen molar-refractivity contribution in [1.29, 1.82) is 0 Å². The zero-order valence-corrected chi connectivity index (χ0v) is 16.0. The van der Waals surface area contributed by atoms with Crippen molar-refractivity contribution in [3.8, 4) is 5.75 Å². The van der Waals surface area contributed by atoms with Gasteiger partial charge in [-0.25, -0.2) is 4.98 Å². The Morgan fingerprint density at radius 1 is 1.21 bits per heavy atom. The molecular weight excluding hydrogens is 370 g/mol. The summed E-state index contributed by atoms with van der Waals surface area (Å²) in [6.45, 7) is 0.276. The Balaban J connectivity index is 1.54. The molecule has 2 aromatic carbocycles. The van der Waals surface area contributed by atoms with Crippen molar-refractivity contribution in [2.75, 3.05) is 6.61 Å². The number of nitro benzene ring substituents is 1. The van der Waals surface area contributed by atoms with Crippen LogP contribution < -0.4 is 4.74 Å². The van der Waals surface area contributed by atoms with Crippen molar-refractivity contribution in [3.05, 3.63) is 76.6 Å². The number of allylic oxidation sites excluding steroid dienone is 2. The Morgan fingerprint density at radius 2 is 2.00 bits per heavy atom. The predicted octanol–water partition coefficient (Wildman–Crippen LogP) is 4.21. The fourth-order valence-corrected chi connectivity index (χ4v) is 3.81. The molecule has 4 rings (SSSR count). The molecule has 0 spiro atoms. The van der Waals surface area contributed by atoms with E-state index in [1.807, 2.05) is 24.3 Å². The van der Waals surface area contributed by atoms with Gasteiger partial charge in [-0.05, 0) is 37.5 Å². The van der Waals surface area contributed by atoms with Gasteiger partial charge in [0.25, 0.3) is 0 Å². The zero-order valence-electron chi connectivity index (χ0n) is 16.0. The first-order valence-corrected chi connectivity index (χ1v) is 9.78. The number of imidazole rings is 1. The van der Waals surface area contributed by atoms with Crippen LogP contribution in [0.25, 0.3) is 11.0 Å². The van der Waals surface area contributed by atoms with Crippen molar-refractivity contribution in [3.63, 3.8) is 0 Å². The van der Waals surface area contributed by atoms with Crippen LogP contribution in [0.3, 0.4) is 0 Å². The summed E-state index contributed by atoms with van der Waals surface area (Å²) in [5, 5.41) is 21.8. The van der Waals surface area contributed by atoms with E-state index in [0.29, 0.717) is 12.5 Å². The van der Waals surface area contributed by atoms with E-state index in [2.05, 4.69) is 16.7 Å². The van der Waals surface area contributed by atoms with Crippen molar-refractivity contribution >= 4 is 16.7 Å². The fraction of sp³-hybridized carbons (Fsp3) is 0.318. The molecule has 0 saturated carbocycles. The first kappa shape index (κ1) is 19.1. The lowest BCUT2D eigenvalue weighted by atomic mass is 9.93. The van der Waals surface area contributed by atoms with Crippen LogP contribution in [-0.4, -0.2) is 32.3 Å². The maximum atomic E-state index is 11.1. The Morgan fingerprint density at radius 3 is 2.79 bits per heavy atom. The van der Waals surface area contributed by atoms with Crippen LogP contribution in [0.2, 0.25) is 0 Å². The second-order valence-electron chi connectivity index (χ2n) is 7.24. The van der Waals surface area contributed by atoms with E-state index in [1.54, 1.807) is 12.1 Å². The Kier molecular flexibility index (Phi) is 5.57. The number of aliphatic hydroxyl groups is 1. The summed E-state index contributed by atoms with van der Waals surface area (Å²) in [4.78, 5) is 15.5. The van der Waals surface area contributed by atoms with Crippen LogP contribution in [0, 0.1) is 10.1 Å². The maximum Gasteiger partial charge on any atom is 0.310 e. The van der Waals surface area contributed by atoms with Crippen molar-refractivity contribution in [1.82, 2.24) is 9.55 Å². The van der Waals surface area contributed by atoms with Gasteiger partial charge in [0.05, 0.1) is 22.5 Å². The van der Waals surface area contributed by atoms with E-state index in [4.69, 9.17) is 9.72 Å². The number of aliphatic hydroxyl groups excluding tert-OH is 1. The predicted molar refractivity (Wildman–Crippen MR) is 110 cm³/mol. The molecular formula is C22H23N3O4. The quantitative estimate of drug-likeness (QED) is 0.369. The first-order chi connectivity index (χ1) is 14.1. The summed E-state index contributed by atoms with van der Waals surface area (Å²) in [6.07, 6.45) is 6.54. The molecule has 150 valence electrons. The molecule has 0 radical (unpaired) electrons. The van der Waals surface area contributed by atoms with E-state index in [1.165, 1.54) is 12.1 Å². The Hall–Kier alpha value is -3.19. The minimum atomic E-state index is -0.828. The van der Waals surface area contributed by atoms with E-state index in [9.17, 15) is 15.2 Å². The van der Waals surface area contributed by atoms with E-state index < -0.39 is 11.0 Å². The first-order valence-electron chi connectivity index (χ1n) is 9.78. The fourth-order valence-electron chi connectivity index (χ4n) is 3.81. The highest BCUT2D eigenvalue weighted by atomic mass is 16.6. The average molecular weight is 393 g/mol. The maximum absolute atomic E-state index is 11.1. The number of benzene rings is 2. The number of nitrogens with zero attached hydrogens (tertiary/aromatic N) is 3. The van der Waals surface area contributed by atoms with Crippen LogP contribution in [0.1, 0.15) is 31.0 Å². The van der Waals surface area contributed by atoms with Crippen LogP contribution in [0.5, 0.6) is 5.75 Å². The lowest BCUT2D eigenvalue weighted by molar-refractivity contribution is -0.385. The van der Waals surface area contributed by atoms with E-state index in [-0.39, 0.29) is 18.0 Å². The summed E-state index contributed by atoms with van der Waals surface area (Å²) in [5.74, 6) is 1.45. The van der Waals surface area contributed by atoms with Crippen LogP contribution in [0.4, 0.5) is 5.69 Å². The number of hydrogen-bond acceptors (Lipinski definition) is 5. The smallest absolute Gasteiger partial charge is 0.310 e. The van der Waals surface area contributed by atoms with Gasteiger partial charge in [-0.1, -0.05) is 36.4 Å². The topological polar surface area (TPSA) is 90.4 Å². The molecule has 1 aliphatic rings. The third-order valence-electron chi connectivity index (χ3n) is 5.20. The van der Waals surface area contributed by atoms with Gasteiger partial charge in [0.1, 0.15) is 18.5 Å². The minimum Gasteiger partial charge on any atom is -0.484 e.